The van der Waals surface area contributed by atoms with E-state index in [9.17, 15) is 4.79 Å². The first-order chi connectivity index (χ1) is 2.94. The zero-order valence-electron chi connectivity index (χ0n) is 2.92. The molecule has 1 nitrogen and oxygen atoms in total. The van der Waals surface area contributed by atoms with Crippen molar-refractivity contribution in [3.8, 4) is 0 Å². The molecule has 0 atom stereocenters. The van der Waals surface area contributed by atoms with Gasteiger partial charge in [-0.05, 0) is 15.9 Å². The first-order valence-corrected chi connectivity index (χ1v) is 4.38. The van der Waals surface area contributed by atoms with Crippen molar-refractivity contribution >= 4 is 68.4 Å². The fourth-order valence-electron chi connectivity index (χ4n) is 0. The number of hydrogen-bond acceptors (Lipinski definition) is 1. The Morgan fingerprint density at radius 1 is 1.29 bits per heavy atom. The highest BCUT2D eigenvalue weighted by Crippen LogP contribution is 2.36. The summed E-state index contributed by atoms with van der Waals surface area (Å²) in [6.07, 6.45) is 0. The van der Waals surface area contributed by atoms with Gasteiger partial charge in [-0.1, -0.05) is 47.8 Å². The van der Waals surface area contributed by atoms with Crippen molar-refractivity contribution in [1.29, 1.82) is 0 Å². The molecule has 7 heavy (non-hydrogen) atoms. The maximum absolute atomic E-state index is 10.2. The average molecular weight is 360 g/mol. The lowest BCUT2D eigenvalue weighted by molar-refractivity contribution is -0.108. The van der Waals surface area contributed by atoms with Gasteiger partial charge in [0.15, 0.2) is 0 Å². The smallest absolute Gasteiger partial charge is 0.235 e. The Labute approximate surface area is 74.7 Å². The van der Waals surface area contributed by atoms with Crippen molar-refractivity contribution in [2.24, 2.45) is 0 Å². The normalized spacial score (nSPS) is 11.4. The molecule has 0 saturated heterocycles. The minimum atomic E-state index is -0.785. The Hall–Kier alpha value is 1.59. The molecule has 0 radical (unpaired) electrons. The minimum absolute atomic E-state index is 0.194. The molecule has 0 aliphatic heterocycles. The topological polar surface area (TPSA) is 17.1 Å². The Morgan fingerprint density at radius 2 is 1.43 bits per heavy atom. The zero-order chi connectivity index (χ0) is 6.08. The van der Waals surface area contributed by atoms with Crippen LogP contribution in [0.5, 0.6) is 0 Å². The molecule has 0 aromatic heterocycles. The van der Waals surface area contributed by atoms with Gasteiger partial charge in [-0.3, -0.25) is 4.79 Å². The summed E-state index contributed by atoms with van der Waals surface area (Å²) in [6, 6.07) is 0. The van der Waals surface area contributed by atoms with Crippen LogP contribution in [0, 0.1) is 0 Å². The molecule has 0 aliphatic rings. The Balaban J connectivity index is 3.79. The SMILES string of the molecule is O=C(Br)C(Br)(Br)Br. The first-order valence-electron chi connectivity index (χ1n) is 1.21. The summed E-state index contributed by atoms with van der Waals surface area (Å²) in [6.45, 7) is 0. The van der Waals surface area contributed by atoms with E-state index < -0.39 is 2.14 Å². The van der Waals surface area contributed by atoms with E-state index in [4.69, 9.17) is 0 Å². The van der Waals surface area contributed by atoms with E-state index >= 15 is 0 Å². The third-order valence-corrected chi connectivity index (χ3v) is 3.49. The van der Waals surface area contributed by atoms with Crippen LogP contribution in [0.4, 0.5) is 0 Å². The first kappa shape index (κ1) is 8.59. The molecule has 0 fully saturated rings. The molecule has 0 amide bonds. The van der Waals surface area contributed by atoms with Gasteiger partial charge >= 0.3 is 0 Å². The van der Waals surface area contributed by atoms with Crippen LogP contribution in [-0.2, 0) is 4.79 Å². The molecule has 5 heteroatoms. The summed E-state index contributed by atoms with van der Waals surface area (Å²) >= 11 is 11.7. The van der Waals surface area contributed by atoms with E-state index in [1.807, 2.05) is 0 Å². The third-order valence-electron chi connectivity index (χ3n) is 0.223. The van der Waals surface area contributed by atoms with Gasteiger partial charge in [-0.2, -0.15) is 0 Å². The highest BCUT2D eigenvalue weighted by atomic mass is 80.0. The number of carbonyl (C=O) groups is 1. The maximum atomic E-state index is 10.2. The Morgan fingerprint density at radius 3 is 1.43 bits per heavy atom. The number of carbonyl (C=O) groups excluding carboxylic acids is 1. The molecule has 0 bridgehead atoms. The second kappa shape index (κ2) is 2.94. The van der Waals surface area contributed by atoms with Crippen LogP contribution in [0.25, 0.3) is 0 Å². The predicted octanol–water partition coefficient (Wildman–Crippen LogP) is 2.75. The summed E-state index contributed by atoms with van der Waals surface area (Å²) < 4.78 is -0.979. The second-order valence-electron chi connectivity index (χ2n) is 0.771. The Kier molecular flexibility index (Phi) is 3.61. The molecular weight excluding hydrogens is 360 g/mol. The molecule has 0 spiro atoms. The summed E-state index contributed by atoms with van der Waals surface area (Å²) in [7, 11) is 0. The van der Waals surface area contributed by atoms with E-state index in [0.29, 0.717) is 0 Å². The van der Waals surface area contributed by atoms with Crippen LogP contribution in [0.15, 0.2) is 0 Å². The van der Waals surface area contributed by atoms with Gasteiger partial charge in [0.05, 0.1) is 0 Å². The molecule has 0 unspecified atom stereocenters. The second-order valence-corrected chi connectivity index (χ2v) is 8.25. The standard InChI is InChI=1S/C2Br4O/c3-1(7)2(4,5)6. The quantitative estimate of drug-likeness (QED) is 0.480. The van der Waals surface area contributed by atoms with Gasteiger partial charge in [-0.15, -0.1) is 0 Å². The monoisotopic (exact) mass is 356 g/mol. The van der Waals surface area contributed by atoms with Gasteiger partial charge in [0, 0.05) is 0 Å². The van der Waals surface area contributed by atoms with Gasteiger partial charge < -0.3 is 0 Å². The molecular formula is C2Br4O. The fraction of sp³-hybridized carbons (Fsp3) is 0.500. The highest BCUT2D eigenvalue weighted by Gasteiger charge is 2.25. The molecule has 0 aromatic rings. The zero-order valence-corrected chi connectivity index (χ0v) is 9.26. The largest absolute Gasteiger partial charge is 0.283 e. The van der Waals surface area contributed by atoms with E-state index in [1.165, 1.54) is 0 Å². The summed E-state index contributed by atoms with van der Waals surface area (Å²) in [4.78, 5) is 10.2. The van der Waals surface area contributed by atoms with Crippen molar-refractivity contribution in [2.75, 3.05) is 0 Å². The van der Waals surface area contributed by atoms with E-state index in [0.717, 1.165) is 0 Å². The number of alkyl halides is 3. The summed E-state index contributed by atoms with van der Waals surface area (Å²) in [5, 5.41) is 0. The van der Waals surface area contributed by atoms with Gasteiger partial charge in [0.25, 0.3) is 0 Å². The van der Waals surface area contributed by atoms with E-state index in [-0.39, 0.29) is 4.69 Å². The van der Waals surface area contributed by atoms with Gasteiger partial charge in [0.1, 0.15) is 0 Å². The van der Waals surface area contributed by atoms with Gasteiger partial charge in [-0.25, -0.2) is 0 Å². The lowest BCUT2D eigenvalue weighted by atomic mass is 10.9. The number of halogens is 4. The van der Waals surface area contributed by atoms with E-state index in [2.05, 4.69) is 63.7 Å². The maximum Gasteiger partial charge on any atom is 0.235 e. The summed E-state index contributed by atoms with van der Waals surface area (Å²) in [5.41, 5.74) is 0. The highest BCUT2D eigenvalue weighted by molar-refractivity contribution is 9.41. The number of rotatable bonds is 0. The van der Waals surface area contributed by atoms with Crippen LogP contribution in [0.2, 0.25) is 0 Å². The summed E-state index contributed by atoms with van der Waals surface area (Å²) in [5.74, 6) is 0. The minimum Gasteiger partial charge on any atom is -0.283 e. The average Bonchev–Trinajstić information content (AvgIpc) is 1.31. The molecule has 0 aromatic carbocycles. The third kappa shape index (κ3) is 4.12. The van der Waals surface area contributed by atoms with Crippen molar-refractivity contribution in [2.45, 2.75) is 2.14 Å². The van der Waals surface area contributed by atoms with Gasteiger partial charge in [0.2, 0.25) is 6.84 Å². The predicted molar refractivity (Wildman–Crippen MR) is 43.4 cm³/mol. The van der Waals surface area contributed by atoms with Crippen LogP contribution in [-0.4, -0.2) is 6.84 Å². The lowest BCUT2D eigenvalue weighted by Crippen LogP contribution is -2.07. The van der Waals surface area contributed by atoms with E-state index in [1.54, 1.807) is 0 Å². The molecule has 0 heterocycles. The number of hydrogen-bond donors (Lipinski definition) is 0. The Bertz CT molecular complexity index is 82.2. The van der Waals surface area contributed by atoms with Crippen LogP contribution in [0.3, 0.4) is 0 Å². The van der Waals surface area contributed by atoms with Crippen LogP contribution >= 0.6 is 63.7 Å². The molecule has 0 rings (SSSR count). The molecule has 0 saturated carbocycles. The molecule has 0 aliphatic carbocycles. The van der Waals surface area contributed by atoms with Crippen molar-refractivity contribution in [1.82, 2.24) is 0 Å². The lowest BCUT2D eigenvalue weighted by Gasteiger charge is -2.01. The molecule has 42 valence electrons. The van der Waals surface area contributed by atoms with Crippen LogP contribution < -0.4 is 0 Å². The fourth-order valence-corrected chi connectivity index (χ4v) is 0. The van der Waals surface area contributed by atoms with Crippen molar-refractivity contribution in [3.63, 3.8) is 0 Å². The van der Waals surface area contributed by atoms with Crippen LogP contribution in [0.1, 0.15) is 0 Å². The molecule has 0 N–H and O–H groups in total. The van der Waals surface area contributed by atoms with Crippen molar-refractivity contribution < 1.29 is 4.79 Å². The van der Waals surface area contributed by atoms with Crippen molar-refractivity contribution in [3.05, 3.63) is 0 Å².